The topological polar surface area (TPSA) is 84.7 Å². The molecule has 1 atom stereocenters. The first-order valence-corrected chi connectivity index (χ1v) is 8.46. The van der Waals surface area contributed by atoms with Crippen molar-refractivity contribution >= 4 is 40.6 Å². The Balaban J connectivity index is 2.11. The molecule has 1 aliphatic heterocycles. The number of halogens is 1. The quantitative estimate of drug-likeness (QED) is 0.371. The van der Waals surface area contributed by atoms with E-state index in [9.17, 15) is 14.9 Å². The van der Waals surface area contributed by atoms with Gasteiger partial charge in [-0.25, -0.2) is 4.79 Å². The standard InChI is InChI=1S/C16H16ClN3O4S/c1-8-13(15(21)24-2)14(18-16(25)19(8)10-4-5-10)9-3-6-11(17)12(7-9)20(22)23/h3,6-7,10,14H,4-5H2,1-2H3,(H,18,25)/t14-/m0/s1. The minimum atomic E-state index is -0.633. The van der Waals surface area contributed by atoms with E-state index < -0.39 is 16.9 Å². The van der Waals surface area contributed by atoms with Gasteiger partial charge in [0.2, 0.25) is 0 Å². The molecule has 1 aromatic carbocycles. The van der Waals surface area contributed by atoms with Crippen molar-refractivity contribution < 1.29 is 14.5 Å². The molecule has 9 heteroatoms. The predicted molar refractivity (Wildman–Crippen MR) is 96.2 cm³/mol. The number of esters is 1. The SMILES string of the molecule is COC(=O)C1=C(C)N(C2CC2)C(=S)N[C@H]1c1ccc(Cl)c([N+](=O)[O-])c1. The smallest absolute Gasteiger partial charge is 0.337 e. The van der Waals surface area contributed by atoms with Gasteiger partial charge in [-0.15, -0.1) is 0 Å². The van der Waals surface area contributed by atoms with E-state index >= 15 is 0 Å². The number of hydrogen-bond donors (Lipinski definition) is 1. The average molecular weight is 382 g/mol. The van der Waals surface area contributed by atoms with Crippen LogP contribution in [0.25, 0.3) is 0 Å². The summed E-state index contributed by atoms with van der Waals surface area (Å²) in [5.41, 5.74) is 1.40. The fourth-order valence-corrected chi connectivity index (χ4v) is 3.59. The molecule has 0 radical (unpaired) electrons. The lowest BCUT2D eigenvalue weighted by molar-refractivity contribution is -0.384. The summed E-state index contributed by atoms with van der Waals surface area (Å²) in [5.74, 6) is -0.499. The van der Waals surface area contributed by atoms with Crippen LogP contribution in [0.2, 0.25) is 5.02 Å². The Bertz CT molecular complexity index is 807. The van der Waals surface area contributed by atoms with Crippen LogP contribution in [0.4, 0.5) is 5.69 Å². The average Bonchev–Trinajstić information content (AvgIpc) is 3.38. The second kappa shape index (κ2) is 6.61. The van der Waals surface area contributed by atoms with E-state index in [1.165, 1.54) is 19.2 Å². The first kappa shape index (κ1) is 17.6. The maximum atomic E-state index is 12.4. The van der Waals surface area contributed by atoms with E-state index in [1.807, 2.05) is 11.8 Å². The third-order valence-electron chi connectivity index (χ3n) is 4.34. The Kier molecular flexibility index (Phi) is 4.66. The van der Waals surface area contributed by atoms with Gasteiger partial charge in [0.25, 0.3) is 5.69 Å². The number of nitrogens with one attached hydrogen (secondary N) is 1. The fraction of sp³-hybridized carbons (Fsp3) is 0.375. The van der Waals surface area contributed by atoms with Gasteiger partial charge in [0.15, 0.2) is 5.11 Å². The molecule has 1 aromatic rings. The Morgan fingerprint density at radius 2 is 2.16 bits per heavy atom. The van der Waals surface area contributed by atoms with Crippen molar-refractivity contribution in [3.05, 3.63) is 50.2 Å². The number of nitro benzene ring substituents is 1. The van der Waals surface area contributed by atoms with E-state index in [-0.39, 0.29) is 16.8 Å². The van der Waals surface area contributed by atoms with Gasteiger partial charge in [0.05, 0.1) is 23.6 Å². The molecule has 0 saturated heterocycles. The molecule has 0 bridgehead atoms. The largest absolute Gasteiger partial charge is 0.466 e. The molecule has 0 spiro atoms. The highest BCUT2D eigenvalue weighted by atomic mass is 35.5. The zero-order valence-electron chi connectivity index (χ0n) is 13.6. The highest BCUT2D eigenvalue weighted by Crippen LogP contribution is 2.39. The molecule has 1 aliphatic carbocycles. The number of thiocarbonyl (C=S) groups is 1. The summed E-state index contributed by atoms with van der Waals surface area (Å²) in [6.45, 7) is 1.81. The van der Waals surface area contributed by atoms with Crippen LogP contribution in [-0.4, -0.2) is 34.1 Å². The highest BCUT2D eigenvalue weighted by Gasteiger charge is 2.41. The van der Waals surface area contributed by atoms with Crippen LogP contribution in [0.5, 0.6) is 0 Å². The minimum Gasteiger partial charge on any atom is -0.466 e. The normalized spacial score (nSPS) is 20.4. The fourth-order valence-electron chi connectivity index (χ4n) is 3.00. The summed E-state index contributed by atoms with van der Waals surface area (Å²) in [6.07, 6.45) is 2.01. The van der Waals surface area contributed by atoms with E-state index in [0.29, 0.717) is 21.9 Å². The summed E-state index contributed by atoms with van der Waals surface area (Å²) < 4.78 is 4.93. The Morgan fingerprint density at radius 3 is 2.72 bits per heavy atom. The maximum Gasteiger partial charge on any atom is 0.337 e. The summed E-state index contributed by atoms with van der Waals surface area (Å²) in [5, 5.41) is 14.8. The van der Waals surface area contributed by atoms with Gasteiger partial charge in [-0.2, -0.15) is 0 Å². The lowest BCUT2D eigenvalue weighted by atomic mass is 9.94. The second-order valence-electron chi connectivity index (χ2n) is 5.94. The maximum absolute atomic E-state index is 12.4. The lowest BCUT2D eigenvalue weighted by Gasteiger charge is -2.37. The van der Waals surface area contributed by atoms with E-state index in [1.54, 1.807) is 6.07 Å². The Labute approximate surface area is 154 Å². The van der Waals surface area contributed by atoms with Crippen LogP contribution in [0.15, 0.2) is 29.5 Å². The van der Waals surface area contributed by atoms with Crippen molar-refractivity contribution in [2.75, 3.05) is 7.11 Å². The molecule has 1 heterocycles. The lowest BCUT2D eigenvalue weighted by Crippen LogP contribution is -2.48. The summed E-state index contributed by atoms with van der Waals surface area (Å²) >= 11 is 11.3. The van der Waals surface area contributed by atoms with Gasteiger partial charge in [0, 0.05) is 17.8 Å². The number of nitrogens with zero attached hydrogens (tertiary/aromatic N) is 2. The monoisotopic (exact) mass is 381 g/mol. The van der Waals surface area contributed by atoms with E-state index in [2.05, 4.69) is 5.32 Å². The Morgan fingerprint density at radius 1 is 1.48 bits per heavy atom. The number of carbonyl (C=O) groups is 1. The van der Waals surface area contributed by atoms with Crippen molar-refractivity contribution in [3.8, 4) is 0 Å². The third kappa shape index (κ3) is 3.19. The van der Waals surface area contributed by atoms with Crippen LogP contribution < -0.4 is 5.32 Å². The molecule has 1 saturated carbocycles. The molecule has 132 valence electrons. The van der Waals surface area contributed by atoms with Gasteiger partial charge in [-0.05, 0) is 43.6 Å². The zero-order valence-corrected chi connectivity index (χ0v) is 15.2. The summed E-state index contributed by atoms with van der Waals surface area (Å²) in [7, 11) is 1.30. The first-order valence-electron chi connectivity index (χ1n) is 7.67. The molecule has 7 nitrogen and oxygen atoms in total. The molecule has 0 unspecified atom stereocenters. The molecule has 3 rings (SSSR count). The number of nitro groups is 1. The van der Waals surface area contributed by atoms with Gasteiger partial charge < -0.3 is 15.0 Å². The number of methoxy groups -OCH3 is 1. The van der Waals surface area contributed by atoms with Gasteiger partial charge in [-0.3, -0.25) is 10.1 Å². The summed E-state index contributed by atoms with van der Waals surface area (Å²) in [4.78, 5) is 24.9. The van der Waals surface area contributed by atoms with Crippen molar-refractivity contribution in [1.29, 1.82) is 0 Å². The first-order chi connectivity index (χ1) is 11.8. The number of benzene rings is 1. The van der Waals surface area contributed by atoms with Crippen LogP contribution in [-0.2, 0) is 9.53 Å². The third-order valence-corrected chi connectivity index (χ3v) is 4.98. The minimum absolute atomic E-state index is 0.0343. The van der Waals surface area contributed by atoms with Crippen LogP contribution >= 0.6 is 23.8 Å². The molecular weight excluding hydrogens is 366 g/mol. The van der Waals surface area contributed by atoms with Crippen molar-refractivity contribution in [2.24, 2.45) is 0 Å². The molecular formula is C16H16ClN3O4S. The number of rotatable bonds is 4. The number of carbonyl (C=O) groups excluding carboxylic acids is 1. The molecule has 1 fully saturated rings. The van der Waals surface area contributed by atoms with Gasteiger partial charge in [0.1, 0.15) is 5.02 Å². The second-order valence-corrected chi connectivity index (χ2v) is 6.74. The van der Waals surface area contributed by atoms with E-state index in [4.69, 9.17) is 28.6 Å². The zero-order chi connectivity index (χ0) is 18.3. The molecule has 1 N–H and O–H groups in total. The van der Waals surface area contributed by atoms with Gasteiger partial charge in [-0.1, -0.05) is 17.7 Å². The molecule has 2 aliphatic rings. The molecule has 0 amide bonds. The Hall–Kier alpha value is -2.19. The highest BCUT2D eigenvalue weighted by molar-refractivity contribution is 7.80. The van der Waals surface area contributed by atoms with Crippen LogP contribution in [0, 0.1) is 10.1 Å². The van der Waals surface area contributed by atoms with Crippen molar-refractivity contribution in [2.45, 2.75) is 31.8 Å². The summed E-state index contributed by atoms with van der Waals surface area (Å²) in [6, 6.07) is 4.08. The van der Waals surface area contributed by atoms with E-state index in [0.717, 1.165) is 12.8 Å². The predicted octanol–water partition coefficient (Wildman–Crippen LogP) is 3.09. The van der Waals surface area contributed by atoms with Crippen LogP contribution in [0.3, 0.4) is 0 Å². The number of ether oxygens (including phenoxy) is 1. The van der Waals surface area contributed by atoms with Crippen molar-refractivity contribution in [1.82, 2.24) is 10.2 Å². The number of allylic oxidation sites excluding steroid dienone is 1. The molecule has 25 heavy (non-hydrogen) atoms. The van der Waals surface area contributed by atoms with Crippen LogP contribution in [0.1, 0.15) is 31.4 Å². The molecule has 0 aromatic heterocycles. The van der Waals surface area contributed by atoms with Crippen molar-refractivity contribution in [3.63, 3.8) is 0 Å². The number of hydrogen-bond acceptors (Lipinski definition) is 5. The van der Waals surface area contributed by atoms with Gasteiger partial charge >= 0.3 is 5.97 Å².